The van der Waals surface area contributed by atoms with Crippen LogP contribution in [-0.4, -0.2) is 43.8 Å². The molecule has 0 aliphatic carbocycles. The van der Waals surface area contributed by atoms with Gasteiger partial charge in [0.15, 0.2) is 0 Å². The molecule has 1 N–H and O–H groups in total. The highest BCUT2D eigenvalue weighted by atomic mass is 35.5. The van der Waals surface area contributed by atoms with Crippen molar-refractivity contribution < 1.29 is 17.9 Å². The van der Waals surface area contributed by atoms with Gasteiger partial charge in [-0.15, -0.1) is 0 Å². The van der Waals surface area contributed by atoms with Crippen LogP contribution in [0.5, 0.6) is 5.88 Å². The summed E-state index contributed by atoms with van der Waals surface area (Å²) in [5, 5.41) is 2.83. The second-order valence-electron chi connectivity index (χ2n) is 6.15. The van der Waals surface area contributed by atoms with Gasteiger partial charge in [0.25, 0.3) is 5.91 Å². The number of anilines is 1. The number of rotatable bonds is 5. The summed E-state index contributed by atoms with van der Waals surface area (Å²) in [5.41, 5.74) is 0.534. The molecule has 0 radical (unpaired) electrons. The lowest BCUT2D eigenvalue weighted by atomic mass is 10.2. The highest BCUT2D eigenvalue weighted by Gasteiger charge is 2.27. The van der Waals surface area contributed by atoms with Crippen molar-refractivity contribution in [1.29, 1.82) is 0 Å². The number of nitrogens with one attached hydrogen (secondary N) is 1. The first-order valence-corrected chi connectivity index (χ1v) is 10.3. The van der Waals surface area contributed by atoms with E-state index in [0.717, 1.165) is 19.3 Å². The van der Waals surface area contributed by atoms with E-state index in [0.29, 0.717) is 24.7 Å². The molecule has 7 nitrogen and oxygen atoms in total. The summed E-state index contributed by atoms with van der Waals surface area (Å²) in [6, 6.07) is 7.41. The van der Waals surface area contributed by atoms with E-state index in [4.69, 9.17) is 16.3 Å². The Bertz CT molecular complexity index is 926. The van der Waals surface area contributed by atoms with E-state index in [1.54, 1.807) is 12.1 Å². The number of aromatic nitrogens is 1. The van der Waals surface area contributed by atoms with Crippen LogP contribution in [-0.2, 0) is 10.0 Å². The lowest BCUT2D eigenvalue weighted by Crippen LogP contribution is -2.35. The van der Waals surface area contributed by atoms with Crippen molar-refractivity contribution in [1.82, 2.24) is 9.29 Å². The number of piperidine rings is 1. The Morgan fingerprint density at radius 1 is 1.19 bits per heavy atom. The van der Waals surface area contributed by atoms with E-state index in [9.17, 15) is 13.2 Å². The number of pyridine rings is 1. The van der Waals surface area contributed by atoms with Crippen LogP contribution < -0.4 is 10.1 Å². The highest BCUT2D eigenvalue weighted by molar-refractivity contribution is 7.89. The minimum atomic E-state index is -3.65. The second kappa shape index (κ2) is 8.24. The Hall–Kier alpha value is -2.16. The number of nitrogens with zero attached hydrogens (tertiary/aromatic N) is 2. The van der Waals surface area contributed by atoms with Crippen molar-refractivity contribution >= 4 is 33.2 Å². The highest BCUT2D eigenvalue weighted by Crippen LogP contribution is 2.26. The first-order chi connectivity index (χ1) is 12.9. The van der Waals surface area contributed by atoms with Crippen LogP contribution >= 0.6 is 11.6 Å². The molecule has 1 aromatic carbocycles. The molecule has 1 aromatic heterocycles. The van der Waals surface area contributed by atoms with Crippen LogP contribution in [0.3, 0.4) is 0 Å². The zero-order valence-electron chi connectivity index (χ0n) is 14.8. The van der Waals surface area contributed by atoms with Crippen LogP contribution in [0.2, 0.25) is 5.02 Å². The number of carbonyl (C=O) groups excluding carboxylic acids is 1. The summed E-state index contributed by atoms with van der Waals surface area (Å²) in [6.45, 7) is 0.980. The minimum Gasteiger partial charge on any atom is -0.481 e. The Balaban J connectivity index is 1.84. The fraction of sp³-hybridized carbons (Fsp3) is 0.333. The van der Waals surface area contributed by atoms with Crippen molar-refractivity contribution in [3.63, 3.8) is 0 Å². The van der Waals surface area contributed by atoms with Gasteiger partial charge >= 0.3 is 0 Å². The molecule has 9 heteroatoms. The standard InChI is InChI=1S/C18H20ClN3O4S/c1-26-17-8-5-13(12-20-17)21-18(23)15-11-14(6-7-16(15)19)27(24,25)22-9-3-2-4-10-22/h5-8,11-12H,2-4,9-10H2,1H3,(H,21,23). The predicted octanol–water partition coefficient (Wildman–Crippen LogP) is 3.17. The lowest BCUT2D eigenvalue weighted by Gasteiger charge is -2.26. The van der Waals surface area contributed by atoms with Crippen LogP contribution in [0, 0.1) is 0 Å². The smallest absolute Gasteiger partial charge is 0.257 e. The van der Waals surface area contributed by atoms with E-state index >= 15 is 0 Å². The fourth-order valence-electron chi connectivity index (χ4n) is 2.87. The fourth-order valence-corrected chi connectivity index (χ4v) is 4.61. The zero-order chi connectivity index (χ0) is 19.4. The summed E-state index contributed by atoms with van der Waals surface area (Å²) in [7, 11) is -2.16. The Labute approximate surface area is 163 Å². The zero-order valence-corrected chi connectivity index (χ0v) is 16.4. The van der Waals surface area contributed by atoms with Gasteiger partial charge in [-0.1, -0.05) is 18.0 Å². The number of amides is 1. The second-order valence-corrected chi connectivity index (χ2v) is 8.49. The molecule has 27 heavy (non-hydrogen) atoms. The maximum absolute atomic E-state index is 12.8. The number of ether oxygens (including phenoxy) is 1. The summed E-state index contributed by atoms with van der Waals surface area (Å²) in [5.74, 6) is -0.0942. The molecule has 144 valence electrons. The molecular formula is C18H20ClN3O4S. The third-order valence-electron chi connectivity index (χ3n) is 4.34. The molecule has 1 aliphatic rings. The first kappa shape index (κ1) is 19.6. The Kier molecular flexibility index (Phi) is 5.98. The average molecular weight is 410 g/mol. The normalized spacial score (nSPS) is 15.3. The molecule has 3 rings (SSSR count). The summed E-state index contributed by atoms with van der Waals surface area (Å²) >= 11 is 6.14. The number of sulfonamides is 1. The van der Waals surface area contributed by atoms with Crippen LogP contribution in [0.25, 0.3) is 0 Å². The van der Waals surface area contributed by atoms with E-state index in [2.05, 4.69) is 10.3 Å². The Morgan fingerprint density at radius 3 is 2.56 bits per heavy atom. The average Bonchev–Trinajstić information content (AvgIpc) is 2.69. The molecule has 0 spiro atoms. The number of hydrogen-bond acceptors (Lipinski definition) is 5. The third kappa shape index (κ3) is 4.40. The molecular weight excluding hydrogens is 390 g/mol. The van der Waals surface area contributed by atoms with E-state index < -0.39 is 15.9 Å². The summed E-state index contributed by atoms with van der Waals surface area (Å²) in [6.07, 6.45) is 4.14. The van der Waals surface area contributed by atoms with E-state index in [-0.39, 0.29) is 15.5 Å². The number of benzene rings is 1. The lowest BCUT2D eigenvalue weighted by molar-refractivity contribution is 0.102. The number of halogens is 1. The molecule has 2 heterocycles. The maximum Gasteiger partial charge on any atom is 0.257 e. The maximum atomic E-state index is 12.8. The largest absolute Gasteiger partial charge is 0.481 e. The van der Waals surface area contributed by atoms with Crippen molar-refractivity contribution in [2.75, 3.05) is 25.5 Å². The number of carbonyl (C=O) groups is 1. The van der Waals surface area contributed by atoms with Gasteiger partial charge in [0, 0.05) is 19.2 Å². The molecule has 0 atom stereocenters. The third-order valence-corrected chi connectivity index (χ3v) is 6.56. The predicted molar refractivity (Wildman–Crippen MR) is 103 cm³/mol. The van der Waals surface area contributed by atoms with Crippen molar-refractivity contribution in [2.24, 2.45) is 0 Å². The Morgan fingerprint density at radius 2 is 1.93 bits per heavy atom. The summed E-state index contributed by atoms with van der Waals surface area (Å²) in [4.78, 5) is 16.7. The van der Waals surface area contributed by atoms with Gasteiger partial charge in [0.2, 0.25) is 15.9 Å². The molecule has 2 aromatic rings. The van der Waals surface area contributed by atoms with Crippen LogP contribution in [0.4, 0.5) is 5.69 Å². The molecule has 1 saturated heterocycles. The topological polar surface area (TPSA) is 88.6 Å². The van der Waals surface area contributed by atoms with Crippen LogP contribution in [0.15, 0.2) is 41.4 Å². The van der Waals surface area contributed by atoms with Gasteiger partial charge in [-0.25, -0.2) is 13.4 Å². The van der Waals surface area contributed by atoms with E-state index in [1.165, 1.54) is 35.8 Å². The quantitative estimate of drug-likeness (QED) is 0.819. The molecule has 0 bridgehead atoms. The number of methoxy groups -OCH3 is 1. The number of hydrogen-bond donors (Lipinski definition) is 1. The summed E-state index contributed by atoms with van der Waals surface area (Å²) < 4.78 is 32.1. The van der Waals surface area contributed by atoms with Gasteiger partial charge in [-0.05, 0) is 37.1 Å². The van der Waals surface area contributed by atoms with Gasteiger partial charge < -0.3 is 10.1 Å². The molecule has 0 unspecified atom stereocenters. The van der Waals surface area contributed by atoms with Gasteiger partial charge in [-0.3, -0.25) is 4.79 Å². The minimum absolute atomic E-state index is 0.0619. The SMILES string of the molecule is COc1ccc(NC(=O)c2cc(S(=O)(=O)N3CCCCC3)ccc2Cl)cn1. The molecule has 1 aliphatic heterocycles. The van der Waals surface area contributed by atoms with Gasteiger partial charge in [0.05, 0.1) is 34.5 Å². The van der Waals surface area contributed by atoms with Crippen LogP contribution in [0.1, 0.15) is 29.6 Å². The van der Waals surface area contributed by atoms with E-state index in [1.807, 2.05) is 0 Å². The van der Waals surface area contributed by atoms with Crippen molar-refractivity contribution in [3.8, 4) is 5.88 Å². The van der Waals surface area contributed by atoms with Crippen molar-refractivity contribution in [3.05, 3.63) is 47.1 Å². The molecule has 1 amide bonds. The monoisotopic (exact) mass is 409 g/mol. The first-order valence-electron chi connectivity index (χ1n) is 8.53. The molecule has 0 saturated carbocycles. The van der Waals surface area contributed by atoms with Gasteiger partial charge in [-0.2, -0.15) is 4.31 Å². The van der Waals surface area contributed by atoms with Crippen molar-refractivity contribution in [2.45, 2.75) is 24.2 Å². The van der Waals surface area contributed by atoms with Gasteiger partial charge in [0.1, 0.15) is 0 Å². The molecule has 1 fully saturated rings.